The number of benzene rings is 1. The quantitative estimate of drug-likeness (QED) is 0.445. The van der Waals surface area contributed by atoms with Crippen LogP contribution in [-0.4, -0.2) is 48.4 Å². The highest BCUT2D eigenvalue weighted by Gasteiger charge is 2.23. The molecule has 0 fully saturated rings. The number of amides is 2. The first kappa shape index (κ1) is 23.1. The molecule has 0 spiro atoms. The Balaban J connectivity index is 1.78. The molecular weight excluding hydrogens is 435 g/mol. The summed E-state index contributed by atoms with van der Waals surface area (Å²) in [4.78, 5) is 32.2. The summed E-state index contributed by atoms with van der Waals surface area (Å²) in [7, 11) is 1.57. The lowest BCUT2D eigenvalue weighted by molar-refractivity contribution is -0.133. The van der Waals surface area contributed by atoms with Crippen molar-refractivity contribution in [1.29, 1.82) is 0 Å². The number of aryl methyl sites for hydroxylation is 1. The molecule has 0 bridgehead atoms. The molecule has 0 radical (unpaired) electrons. The number of carbonyl (C=O) groups excluding carboxylic acids is 2. The molecule has 2 amide bonds. The molecule has 0 saturated heterocycles. The second kappa shape index (κ2) is 11.2. The molecule has 1 aromatic carbocycles. The van der Waals surface area contributed by atoms with Gasteiger partial charge in [0.05, 0.1) is 18.0 Å². The summed E-state index contributed by atoms with van der Waals surface area (Å²) >= 11 is 2.98. The Hall–Kier alpha value is -2.55. The first-order valence-corrected chi connectivity index (χ1v) is 11.5. The third-order valence-electron chi connectivity index (χ3n) is 4.69. The first-order valence-electron chi connectivity index (χ1n) is 9.85. The third-order valence-corrected chi connectivity index (χ3v) is 6.54. The number of carbonyl (C=O) groups is 2. The van der Waals surface area contributed by atoms with Crippen molar-refractivity contribution in [2.24, 2.45) is 0 Å². The highest BCUT2D eigenvalue weighted by Crippen LogP contribution is 2.20. The molecule has 8 heteroatoms. The van der Waals surface area contributed by atoms with Gasteiger partial charge in [-0.3, -0.25) is 9.59 Å². The van der Waals surface area contributed by atoms with Crippen LogP contribution in [0.5, 0.6) is 0 Å². The summed E-state index contributed by atoms with van der Waals surface area (Å²) in [5, 5.41) is 1.84. The van der Waals surface area contributed by atoms with E-state index in [9.17, 15) is 14.0 Å². The molecule has 5 nitrogen and oxygen atoms in total. The Kier molecular flexibility index (Phi) is 8.34. The summed E-state index contributed by atoms with van der Waals surface area (Å²) in [5.74, 6) is -0.673. The minimum absolute atomic E-state index is 0.0500. The van der Waals surface area contributed by atoms with Crippen molar-refractivity contribution < 1.29 is 18.7 Å². The SMILES string of the molecule is COCCN(CC(=O)N(Cc1ccc(F)cc1)Cc1ccc(C)s1)C(=O)c1cccs1. The van der Waals surface area contributed by atoms with E-state index in [1.165, 1.54) is 33.2 Å². The molecule has 0 N–H and O–H groups in total. The highest BCUT2D eigenvalue weighted by molar-refractivity contribution is 7.12. The predicted octanol–water partition coefficient (Wildman–Crippen LogP) is 4.57. The van der Waals surface area contributed by atoms with Crippen molar-refractivity contribution in [2.45, 2.75) is 20.0 Å². The van der Waals surface area contributed by atoms with Gasteiger partial charge in [0.1, 0.15) is 12.4 Å². The van der Waals surface area contributed by atoms with Crippen LogP contribution >= 0.6 is 22.7 Å². The monoisotopic (exact) mass is 460 g/mol. The minimum atomic E-state index is -0.317. The molecule has 164 valence electrons. The van der Waals surface area contributed by atoms with E-state index in [0.717, 1.165) is 10.4 Å². The molecule has 2 heterocycles. The van der Waals surface area contributed by atoms with Gasteiger partial charge in [-0.1, -0.05) is 18.2 Å². The fourth-order valence-electron chi connectivity index (χ4n) is 3.07. The Bertz CT molecular complexity index is 987. The van der Waals surface area contributed by atoms with Crippen LogP contribution in [0.1, 0.15) is 25.0 Å². The Morgan fingerprint density at radius 3 is 2.42 bits per heavy atom. The number of halogens is 1. The molecule has 0 unspecified atom stereocenters. The van der Waals surface area contributed by atoms with E-state index < -0.39 is 0 Å². The molecule has 0 aliphatic rings. The van der Waals surface area contributed by atoms with E-state index in [4.69, 9.17) is 4.74 Å². The van der Waals surface area contributed by atoms with Crippen LogP contribution in [0.15, 0.2) is 53.9 Å². The summed E-state index contributed by atoms with van der Waals surface area (Å²) in [6, 6.07) is 13.7. The van der Waals surface area contributed by atoms with Crippen molar-refractivity contribution in [1.82, 2.24) is 9.80 Å². The average molecular weight is 461 g/mol. The van der Waals surface area contributed by atoms with Gasteiger partial charge in [0, 0.05) is 30.0 Å². The fourth-order valence-corrected chi connectivity index (χ4v) is 4.67. The molecule has 2 aromatic heterocycles. The van der Waals surface area contributed by atoms with Crippen molar-refractivity contribution in [3.63, 3.8) is 0 Å². The maximum atomic E-state index is 13.3. The number of thiophene rings is 2. The number of ether oxygens (including phenoxy) is 1. The van der Waals surface area contributed by atoms with Gasteiger partial charge in [0.2, 0.25) is 5.91 Å². The number of hydrogen-bond acceptors (Lipinski definition) is 5. The van der Waals surface area contributed by atoms with Gasteiger partial charge in [0.25, 0.3) is 5.91 Å². The zero-order chi connectivity index (χ0) is 22.2. The van der Waals surface area contributed by atoms with Crippen LogP contribution < -0.4 is 0 Å². The second-order valence-corrected chi connectivity index (χ2v) is 9.41. The van der Waals surface area contributed by atoms with E-state index in [2.05, 4.69) is 0 Å². The van der Waals surface area contributed by atoms with E-state index >= 15 is 0 Å². The Labute approximate surface area is 189 Å². The molecule has 0 aliphatic carbocycles. The minimum Gasteiger partial charge on any atom is -0.383 e. The van der Waals surface area contributed by atoms with E-state index in [1.807, 2.05) is 30.5 Å². The van der Waals surface area contributed by atoms with Gasteiger partial charge in [0.15, 0.2) is 0 Å². The zero-order valence-electron chi connectivity index (χ0n) is 17.5. The summed E-state index contributed by atoms with van der Waals surface area (Å²) in [5.41, 5.74) is 0.830. The molecule has 0 saturated carbocycles. The van der Waals surface area contributed by atoms with Crippen LogP contribution in [0.25, 0.3) is 0 Å². The third kappa shape index (κ3) is 6.72. The summed E-state index contributed by atoms with van der Waals surface area (Å²) < 4.78 is 18.5. The molecule has 3 rings (SSSR count). The highest BCUT2D eigenvalue weighted by atomic mass is 32.1. The van der Waals surface area contributed by atoms with Gasteiger partial charge in [-0.25, -0.2) is 4.39 Å². The number of hydrogen-bond donors (Lipinski definition) is 0. The van der Waals surface area contributed by atoms with Crippen molar-refractivity contribution in [3.05, 3.63) is 79.9 Å². The predicted molar refractivity (Wildman–Crippen MR) is 122 cm³/mol. The first-order chi connectivity index (χ1) is 15.0. The smallest absolute Gasteiger partial charge is 0.264 e. The van der Waals surface area contributed by atoms with Gasteiger partial charge < -0.3 is 14.5 Å². The Morgan fingerprint density at radius 2 is 1.81 bits per heavy atom. The molecule has 3 aromatic rings. The van der Waals surface area contributed by atoms with E-state index in [1.54, 1.807) is 41.5 Å². The maximum absolute atomic E-state index is 13.3. The molecule has 0 atom stereocenters. The van der Waals surface area contributed by atoms with Gasteiger partial charge >= 0.3 is 0 Å². The standard InChI is InChI=1S/C23H25FN2O3S2/c1-17-5-10-20(31-17)15-26(14-18-6-8-19(24)9-7-18)22(27)16-25(11-12-29-2)23(28)21-4-3-13-30-21/h3-10,13H,11-12,14-16H2,1-2H3. The number of nitrogens with zero attached hydrogens (tertiary/aromatic N) is 2. The lowest BCUT2D eigenvalue weighted by Crippen LogP contribution is -2.43. The lowest BCUT2D eigenvalue weighted by atomic mass is 10.2. The summed E-state index contributed by atoms with van der Waals surface area (Å²) in [6.45, 7) is 3.40. The van der Waals surface area contributed by atoms with Crippen LogP contribution in [0.4, 0.5) is 4.39 Å². The van der Waals surface area contributed by atoms with Crippen molar-refractivity contribution in [3.8, 4) is 0 Å². The van der Waals surface area contributed by atoms with Crippen LogP contribution in [0.2, 0.25) is 0 Å². The van der Waals surface area contributed by atoms with Crippen molar-refractivity contribution in [2.75, 3.05) is 26.8 Å². The fraction of sp³-hybridized carbons (Fsp3) is 0.304. The lowest BCUT2D eigenvalue weighted by Gasteiger charge is -2.27. The van der Waals surface area contributed by atoms with Gasteiger partial charge in [-0.15, -0.1) is 22.7 Å². The van der Waals surface area contributed by atoms with E-state index in [-0.39, 0.29) is 24.2 Å². The Morgan fingerprint density at radius 1 is 1.03 bits per heavy atom. The average Bonchev–Trinajstić information content (AvgIpc) is 3.43. The van der Waals surface area contributed by atoms with Crippen molar-refractivity contribution >= 4 is 34.5 Å². The van der Waals surface area contributed by atoms with Gasteiger partial charge in [-0.2, -0.15) is 0 Å². The largest absolute Gasteiger partial charge is 0.383 e. The van der Waals surface area contributed by atoms with Gasteiger partial charge in [-0.05, 0) is 48.2 Å². The molecular formula is C23H25FN2O3S2. The zero-order valence-corrected chi connectivity index (χ0v) is 19.2. The maximum Gasteiger partial charge on any atom is 0.264 e. The normalized spacial score (nSPS) is 10.8. The van der Waals surface area contributed by atoms with Crippen LogP contribution in [-0.2, 0) is 22.6 Å². The van der Waals surface area contributed by atoms with E-state index in [0.29, 0.717) is 31.1 Å². The summed E-state index contributed by atoms with van der Waals surface area (Å²) in [6.07, 6.45) is 0. The molecule has 0 aliphatic heterocycles. The number of rotatable bonds is 10. The number of methoxy groups -OCH3 is 1. The molecule has 31 heavy (non-hydrogen) atoms. The van der Waals surface area contributed by atoms with Crippen LogP contribution in [0, 0.1) is 12.7 Å². The van der Waals surface area contributed by atoms with Crippen LogP contribution in [0.3, 0.4) is 0 Å². The topological polar surface area (TPSA) is 49.9 Å². The second-order valence-electron chi connectivity index (χ2n) is 7.09.